The SMILES string of the molecule is CCN(CC)c1ccc(NC(=O)c2ccc(C3=C4C(=O)c5c(NC(=O)NN6CCOCC6)cccc5C4N=N3)s2)cc1. The number of azo groups is 1. The molecule has 6 rings (SSSR count). The Kier molecular flexibility index (Phi) is 7.83. The highest BCUT2D eigenvalue weighted by Gasteiger charge is 2.42. The summed E-state index contributed by atoms with van der Waals surface area (Å²) in [6.45, 7) is 8.28. The minimum absolute atomic E-state index is 0.232. The van der Waals surface area contributed by atoms with Gasteiger partial charge in [-0.2, -0.15) is 10.2 Å². The first-order valence-electron chi connectivity index (χ1n) is 14.0. The number of ketones is 1. The molecule has 2 aromatic carbocycles. The maximum atomic E-state index is 13.7. The fourth-order valence-corrected chi connectivity index (χ4v) is 6.27. The number of fused-ring (bicyclic) bond motifs is 3. The molecule has 42 heavy (non-hydrogen) atoms. The summed E-state index contributed by atoms with van der Waals surface area (Å²) in [7, 11) is 0. The molecule has 1 aliphatic carbocycles. The first-order chi connectivity index (χ1) is 20.5. The summed E-state index contributed by atoms with van der Waals surface area (Å²) in [5.74, 6) is -0.470. The van der Waals surface area contributed by atoms with Gasteiger partial charge in [0, 0.05) is 37.6 Å². The van der Waals surface area contributed by atoms with Crippen LogP contribution in [0.15, 0.2) is 70.4 Å². The summed E-state index contributed by atoms with van der Waals surface area (Å²) in [5.41, 5.74) is 7.03. The summed E-state index contributed by atoms with van der Waals surface area (Å²) in [4.78, 5) is 42.8. The van der Waals surface area contributed by atoms with Crippen LogP contribution in [0, 0.1) is 0 Å². The van der Waals surface area contributed by atoms with Gasteiger partial charge in [0.2, 0.25) is 0 Å². The van der Waals surface area contributed by atoms with Crippen molar-refractivity contribution >= 4 is 51.8 Å². The zero-order valence-electron chi connectivity index (χ0n) is 23.3. The predicted molar refractivity (Wildman–Crippen MR) is 162 cm³/mol. The lowest BCUT2D eigenvalue weighted by atomic mass is 10.1. The van der Waals surface area contributed by atoms with Crippen molar-refractivity contribution in [1.29, 1.82) is 0 Å². The van der Waals surface area contributed by atoms with Gasteiger partial charge in [0.15, 0.2) is 5.78 Å². The minimum atomic E-state index is -0.546. The zero-order chi connectivity index (χ0) is 29.2. The van der Waals surface area contributed by atoms with Crippen molar-refractivity contribution in [2.24, 2.45) is 10.2 Å². The number of carbonyl (C=O) groups excluding carboxylic acids is 3. The lowest BCUT2D eigenvalue weighted by Gasteiger charge is -2.27. The molecule has 0 saturated carbocycles. The minimum Gasteiger partial charge on any atom is -0.379 e. The van der Waals surface area contributed by atoms with Crippen LogP contribution in [0.1, 0.15) is 50.4 Å². The van der Waals surface area contributed by atoms with Gasteiger partial charge in [-0.1, -0.05) is 12.1 Å². The van der Waals surface area contributed by atoms with Gasteiger partial charge in [0.05, 0.1) is 39.8 Å². The van der Waals surface area contributed by atoms with Gasteiger partial charge in [0.1, 0.15) is 11.7 Å². The number of morpholine rings is 1. The van der Waals surface area contributed by atoms with Crippen LogP contribution in [0.3, 0.4) is 0 Å². The largest absolute Gasteiger partial charge is 0.379 e. The fourth-order valence-electron chi connectivity index (χ4n) is 5.37. The summed E-state index contributed by atoms with van der Waals surface area (Å²) >= 11 is 1.26. The molecule has 2 aliphatic heterocycles. The number of urea groups is 1. The number of amides is 3. The number of nitrogens with one attached hydrogen (secondary N) is 3. The van der Waals surface area contributed by atoms with Crippen molar-refractivity contribution in [2.45, 2.75) is 19.9 Å². The highest BCUT2D eigenvalue weighted by atomic mass is 32.1. The van der Waals surface area contributed by atoms with Gasteiger partial charge >= 0.3 is 6.03 Å². The highest BCUT2D eigenvalue weighted by molar-refractivity contribution is 7.15. The Labute approximate surface area is 247 Å². The lowest BCUT2D eigenvalue weighted by Crippen LogP contribution is -2.49. The van der Waals surface area contributed by atoms with Gasteiger partial charge in [-0.3, -0.25) is 15.0 Å². The maximum Gasteiger partial charge on any atom is 0.333 e. The van der Waals surface area contributed by atoms with E-state index in [1.807, 2.05) is 30.3 Å². The van der Waals surface area contributed by atoms with E-state index in [0.29, 0.717) is 69.8 Å². The Morgan fingerprint density at radius 2 is 1.79 bits per heavy atom. The second kappa shape index (κ2) is 11.8. The normalized spacial score (nSPS) is 17.7. The molecule has 1 unspecified atom stereocenters. The Bertz CT molecular complexity index is 1590. The van der Waals surface area contributed by atoms with Crippen molar-refractivity contribution in [3.63, 3.8) is 0 Å². The summed E-state index contributed by atoms with van der Waals surface area (Å²) in [6.07, 6.45) is 0. The van der Waals surface area contributed by atoms with Crippen LogP contribution >= 0.6 is 11.3 Å². The van der Waals surface area contributed by atoms with Crippen molar-refractivity contribution in [3.8, 4) is 0 Å². The monoisotopic (exact) mass is 585 g/mol. The number of hydrazine groups is 1. The van der Waals surface area contributed by atoms with Crippen molar-refractivity contribution in [3.05, 3.63) is 81.1 Å². The van der Waals surface area contributed by atoms with E-state index < -0.39 is 12.1 Å². The number of Topliss-reactive ketones (excluding diaryl/α,β-unsaturated/α-hetero) is 1. The molecule has 3 heterocycles. The third kappa shape index (κ3) is 5.31. The molecule has 1 fully saturated rings. The van der Waals surface area contributed by atoms with Crippen LogP contribution < -0.4 is 21.0 Å². The molecule has 12 heteroatoms. The van der Waals surface area contributed by atoms with Gasteiger partial charge in [-0.15, -0.1) is 11.3 Å². The molecule has 1 aromatic heterocycles. The molecule has 0 spiro atoms. The Balaban J connectivity index is 1.18. The van der Waals surface area contributed by atoms with Crippen LogP contribution in [0.25, 0.3) is 5.70 Å². The quantitative estimate of drug-likeness (QED) is 0.328. The molecule has 3 N–H and O–H groups in total. The molecular weight excluding hydrogens is 554 g/mol. The van der Waals surface area contributed by atoms with Gasteiger partial charge in [-0.05, 0) is 61.9 Å². The topological polar surface area (TPSA) is 128 Å². The smallest absolute Gasteiger partial charge is 0.333 e. The van der Waals surface area contributed by atoms with Crippen LogP contribution in [-0.2, 0) is 4.74 Å². The maximum absolute atomic E-state index is 13.7. The van der Waals surface area contributed by atoms with Crippen molar-refractivity contribution < 1.29 is 19.1 Å². The summed E-state index contributed by atoms with van der Waals surface area (Å²) < 4.78 is 5.32. The molecule has 3 aromatic rings. The van der Waals surface area contributed by atoms with Crippen LogP contribution in [0.5, 0.6) is 0 Å². The number of rotatable bonds is 8. The Morgan fingerprint density at radius 3 is 2.52 bits per heavy atom. The van der Waals surface area contributed by atoms with E-state index in [1.165, 1.54) is 11.3 Å². The number of hydrogen-bond donors (Lipinski definition) is 3. The van der Waals surface area contributed by atoms with E-state index in [1.54, 1.807) is 29.3 Å². The fraction of sp³-hybridized carbons (Fsp3) is 0.300. The van der Waals surface area contributed by atoms with E-state index in [4.69, 9.17) is 4.74 Å². The van der Waals surface area contributed by atoms with Crippen molar-refractivity contribution in [1.82, 2.24) is 10.4 Å². The number of carbonyl (C=O) groups is 3. The van der Waals surface area contributed by atoms with Crippen LogP contribution in [-0.4, -0.2) is 62.1 Å². The van der Waals surface area contributed by atoms with Gasteiger partial charge in [0.25, 0.3) is 5.91 Å². The first-order valence-corrected chi connectivity index (χ1v) is 14.8. The summed E-state index contributed by atoms with van der Waals surface area (Å²) in [5, 5.41) is 16.3. The molecule has 11 nitrogen and oxygen atoms in total. The predicted octanol–water partition coefficient (Wildman–Crippen LogP) is 5.33. The molecule has 0 bridgehead atoms. The van der Waals surface area contributed by atoms with E-state index in [9.17, 15) is 14.4 Å². The molecule has 3 aliphatic rings. The molecule has 1 saturated heterocycles. The summed E-state index contributed by atoms with van der Waals surface area (Å²) in [6, 6.07) is 15.6. The van der Waals surface area contributed by atoms with E-state index >= 15 is 0 Å². The molecular formula is C30H31N7O4S. The van der Waals surface area contributed by atoms with Gasteiger partial charge in [-0.25, -0.2) is 9.80 Å². The number of nitrogens with zero attached hydrogens (tertiary/aromatic N) is 4. The van der Waals surface area contributed by atoms with E-state index in [-0.39, 0.29) is 11.7 Å². The number of benzene rings is 2. The third-order valence-electron chi connectivity index (χ3n) is 7.50. The van der Waals surface area contributed by atoms with Crippen LogP contribution in [0.2, 0.25) is 0 Å². The zero-order valence-corrected chi connectivity index (χ0v) is 24.2. The average Bonchev–Trinajstić information content (AvgIpc) is 3.72. The average molecular weight is 586 g/mol. The third-order valence-corrected chi connectivity index (χ3v) is 8.59. The Hall–Kier alpha value is -4.39. The van der Waals surface area contributed by atoms with Crippen LogP contribution in [0.4, 0.5) is 21.9 Å². The molecule has 216 valence electrons. The standard InChI is InChI=1S/C30H31N7O4S/c1-3-36(4-2)19-10-8-18(9-11-19)31-29(39)23-13-12-22(42-23)27-25-26(33-34-27)20-6-5-7-21(24(20)28(25)38)32-30(40)35-37-14-16-41-17-15-37/h5-13,26H,3-4,14-17H2,1-2H3,(H,31,39)(H2,32,35,40). The van der Waals surface area contributed by atoms with E-state index in [0.717, 1.165) is 18.8 Å². The molecule has 1 atom stereocenters. The van der Waals surface area contributed by atoms with E-state index in [2.05, 4.69) is 45.0 Å². The number of ether oxygens (including phenoxy) is 1. The van der Waals surface area contributed by atoms with Gasteiger partial charge < -0.3 is 20.3 Å². The number of thiophene rings is 1. The first kappa shape index (κ1) is 27.8. The number of hydrogen-bond acceptors (Lipinski definition) is 9. The van der Waals surface area contributed by atoms with Crippen molar-refractivity contribution in [2.75, 3.05) is 54.9 Å². The second-order valence-electron chi connectivity index (χ2n) is 9.98. The molecule has 0 radical (unpaired) electrons. The Morgan fingerprint density at radius 1 is 1.02 bits per heavy atom. The molecule has 3 amide bonds. The number of anilines is 3. The highest BCUT2D eigenvalue weighted by Crippen LogP contribution is 2.49. The second-order valence-corrected chi connectivity index (χ2v) is 11.1. The lowest BCUT2D eigenvalue weighted by molar-refractivity contribution is 0.0207.